The zero-order chi connectivity index (χ0) is 15.2. The van der Waals surface area contributed by atoms with Crippen LogP contribution in [0.4, 0.5) is 0 Å². The van der Waals surface area contributed by atoms with E-state index < -0.39 is 0 Å². The second-order valence-electron chi connectivity index (χ2n) is 4.62. The van der Waals surface area contributed by atoms with Gasteiger partial charge in [-0.1, -0.05) is 34.5 Å². The second-order valence-corrected chi connectivity index (χ2v) is 5.94. The Morgan fingerprint density at radius 1 is 1.38 bits per heavy atom. The van der Waals surface area contributed by atoms with E-state index in [9.17, 15) is 0 Å². The predicted octanol–water partition coefficient (Wildman–Crippen LogP) is 4.49. The molecule has 0 saturated heterocycles. The van der Waals surface area contributed by atoms with Crippen molar-refractivity contribution >= 4 is 27.5 Å². The van der Waals surface area contributed by atoms with E-state index in [-0.39, 0.29) is 0 Å². The molecular formula is C15H17BrClN3O. The molecule has 0 atom stereocenters. The number of nitrogens with zero attached hydrogens (tertiary/aromatic N) is 2. The Hall–Kier alpha value is -1.17. The number of rotatable bonds is 6. The highest BCUT2D eigenvalue weighted by Gasteiger charge is 2.08. The highest BCUT2D eigenvalue weighted by Crippen LogP contribution is 2.30. The lowest BCUT2D eigenvalue weighted by Gasteiger charge is -2.09. The molecule has 1 heterocycles. The van der Waals surface area contributed by atoms with Crippen LogP contribution in [0.25, 0.3) is 0 Å². The zero-order valence-electron chi connectivity index (χ0n) is 12.0. The van der Waals surface area contributed by atoms with Crippen molar-refractivity contribution in [1.82, 2.24) is 15.3 Å². The Morgan fingerprint density at radius 2 is 2.19 bits per heavy atom. The maximum Gasteiger partial charge on any atom is 0.322 e. The van der Waals surface area contributed by atoms with E-state index in [1.165, 1.54) is 0 Å². The molecule has 1 N–H and O–H groups in total. The van der Waals surface area contributed by atoms with Crippen molar-refractivity contribution < 1.29 is 4.74 Å². The van der Waals surface area contributed by atoms with Crippen LogP contribution in [0, 0.1) is 6.92 Å². The van der Waals surface area contributed by atoms with Gasteiger partial charge in [0.05, 0.1) is 5.02 Å². The van der Waals surface area contributed by atoms with Gasteiger partial charge in [0.15, 0.2) is 0 Å². The minimum absolute atomic E-state index is 0.302. The molecule has 0 fully saturated rings. The molecule has 0 aliphatic carbocycles. The lowest BCUT2D eigenvalue weighted by Crippen LogP contribution is -2.15. The van der Waals surface area contributed by atoms with Crippen LogP contribution in [0.15, 0.2) is 28.9 Å². The van der Waals surface area contributed by atoms with Gasteiger partial charge in [0.1, 0.15) is 5.75 Å². The van der Waals surface area contributed by atoms with Crippen LogP contribution < -0.4 is 10.1 Å². The van der Waals surface area contributed by atoms with E-state index in [4.69, 9.17) is 16.3 Å². The largest absolute Gasteiger partial charge is 0.423 e. The summed E-state index contributed by atoms with van der Waals surface area (Å²) < 4.78 is 6.53. The first-order valence-corrected chi connectivity index (χ1v) is 7.93. The average molecular weight is 371 g/mol. The van der Waals surface area contributed by atoms with Crippen molar-refractivity contribution in [3.63, 3.8) is 0 Å². The average Bonchev–Trinajstić information content (AvgIpc) is 2.44. The summed E-state index contributed by atoms with van der Waals surface area (Å²) in [6.07, 6.45) is 2.89. The molecule has 1 aromatic heterocycles. The Morgan fingerprint density at radius 3 is 2.86 bits per heavy atom. The number of benzene rings is 1. The minimum Gasteiger partial charge on any atom is -0.423 e. The second kappa shape index (κ2) is 7.73. The highest BCUT2D eigenvalue weighted by molar-refractivity contribution is 9.10. The molecule has 0 spiro atoms. The first kappa shape index (κ1) is 16.2. The Labute approximate surface area is 138 Å². The zero-order valence-corrected chi connectivity index (χ0v) is 14.3. The highest BCUT2D eigenvalue weighted by atomic mass is 79.9. The van der Waals surface area contributed by atoms with Crippen LogP contribution in [0.3, 0.4) is 0 Å². The molecule has 1 aromatic carbocycles. The molecule has 0 amide bonds. The molecule has 0 aliphatic rings. The fourth-order valence-electron chi connectivity index (χ4n) is 1.75. The Bertz CT molecular complexity index is 622. The van der Waals surface area contributed by atoms with Crippen LogP contribution >= 0.6 is 27.5 Å². The fraction of sp³-hybridized carbons (Fsp3) is 0.333. The summed E-state index contributed by atoms with van der Waals surface area (Å²) >= 11 is 9.47. The van der Waals surface area contributed by atoms with Gasteiger partial charge in [0, 0.05) is 28.5 Å². The number of hydrogen-bond donors (Lipinski definition) is 1. The number of aryl methyl sites for hydroxylation is 1. The fourth-order valence-corrected chi connectivity index (χ4v) is 2.46. The molecule has 0 radical (unpaired) electrons. The lowest BCUT2D eigenvalue weighted by atomic mass is 10.2. The van der Waals surface area contributed by atoms with Gasteiger partial charge in [0.25, 0.3) is 0 Å². The van der Waals surface area contributed by atoms with E-state index >= 15 is 0 Å². The first-order valence-electron chi connectivity index (χ1n) is 6.76. The van der Waals surface area contributed by atoms with E-state index in [0.29, 0.717) is 16.8 Å². The number of nitrogens with one attached hydrogen (secondary N) is 1. The molecule has 2 aromatic rings. The summed E-state index contributed by atoms with van der Waals surface area (Å²) in [5.74, 6) is 0.538. The van der Waals surface area contributed by atoms with Gasteiger partial charge >= 0.3 is 6.01 Å². The number of aromatic nitrogens is 2. The van der Waals surface area contributed by atoms with Crippen LogP contribution in [0.2, 0.25) is 5.02 Å². The van der Waals surface area contributed by atoms with Crippen LogP contribution in [0.1, 0.15) is 24.6 Å². The van der Waals surface area contributed by atoms with Crippen LogP contribution in [-0.4, -0.2) is 16.5 Å². The molecule has 112 valence electrons. The molecule has 4 nitrogen and oxygen atoms in total. The quantitative estimate of drug-likeness (QED) is 0.761. The van der Waals surface area contributed by atoms with Gasteiger partial charge in [-0.3, -0.25) is 0 Å². The maximum atomic E-state index is 6.11. The third-order valence-corrected chi connectivity index (χ3v) is 3.68. The van der Waals surface area contributed by atoms with E-state index in [0.717, 1.165) is 35.2 Å². The number of hydrogen-bond acceptors (Lipinski definition) is 4. The summed E-state index contributed by atoms with van der Waals surface area (Å²) in [6.45, 7) is 5.82. The number of halogens is 2. The standard InChI is InChI=1S/C15H17BrClN3O/c1-3-6-18-8-11-9-19-15(20-10(11)2)21-14-5-4-12(16)7-13(14)17/h4-5,7,9,18H,3,6,8H2,1-2H3. The molecule has 0 unspecified atom stereocenters. The van der Waals surface area contributed by atoms with Crippen LogP contribution in [-0.2, 0) is 6.54 Å². The molecule has 21 heavy (non-hydrogen) atoms. The SMILES string of the molecule is CCCNCc1cnc(Oc2ccc(Br)cc2Cl)nc1C. The van der Waals surface area contributed by atoms with E-state index in [1.807, 2.05) is 13.0 Å². The molecule has 2 rings (SSSR count). The van der Waals surface area contributed by atoms with Crippen molar-refractivity contribution in [2.45, 2.75) is 26.8 Å². The van der Waals surface area contributed by atoms with E-state index in [2.05, 4.69) is 38.1 Å². The van der Waals surface area contributed by atoms with Gasteiger partial charge < -0.3 is 10.1 Å². The van der Waals surface area contributed by atoms with Gasteiger partial charge in [-0.15, -0.1) is 0 Å². The Balaban J connectivity index is 2.09. The maximum absolute atomic E-state index is 6.11. The molecular weight excluding hydrogens is 354 g/mol. The van der Waals surface area contributed by atoms with Gasteiger partial charge in [-0.05, 0) is 38.1 Å². The van der Waals surface area contributed by atoms with Gasteiger partial charge in [-0.2, -0.15) is 4.98 Å². The Kier molecular flexibility index (Phi) is 5.96. The monoisotopic (exact) mass is 369 g/mol. The predicted molar refractivity (Wildman–Crippen MR) is 88.0 cm³/mol. The summed E-state index contributed by atoms with van der Waals surface area (Å²) in [6, 6.07) is 5.71. The normalized spacial score (nSPS) is 10.7. The van der Waals surface area contributed by atoms with Crippen molar-refractivity contribution in [3.8, 4) is 11.8 Å². The molecule has 6 heteroatoms. The summed E-state index contributed by atoms with van der Waals surface area (Å²) in [4.78, 5) is 8.60. The third kappa shape index (κ3) is 4.66. The lowest BCUT2D eigenvalue weighted by molar-refractivity contribution is 0.439. The van der Waals surface area contributed by atoms with Gasteiger partial charge in [-0.25, -0.2) is 4.98 Å². The number of ether oxygens (including phenoxy) is 1. The first-order chi connectivity index (χ1) is 10.1. The smallest absolute Gasteiger partial charge is 0.322 e. The topological polar surface area (TPSA) is 47.0 Å². The van der Waals surface area contributed by atoms with Crippen molar-refractivity contribution in [2.75, 3.05) is 6.54 Å². The molecule has 0 aliphatic heterocycles. The minimum atomic E-state index is 0.302. The van der Waals surface area contributed by atoms with Crippen molar-refractivity contribution in [2.24, 2.45) is 0 Å². The summed E-state index contributed by atoms with van der Waals surface area (Å²) in [7, 11) is 0. The van der Waals surface area contributed by atoms with Crippen molar-refractivity contribution in [1.29, 1.82) is 0 Å². The van der Waals surface area contributed by atoms with E-state index in [1.54, 1.807) is 18.3 Å². The van der Waals surface area contributed by atoms with Crippen molar-refractivity contribution in [3.05, 3.63) is 45.1 Å². The summed E-state index contributed by atoms with van der Waals surface area (Å²) in [5, 5.41) is 3.84. The van der Waals surface area contributed by atoms with Crippen LogP contribution in [0.5, 0.6) is 11.8 Å². The summed E-state index contributed by atoms with van der Waals surface area (Å²) in [5.41, 5.74) is 1.97. The molecule has 0 bridgehead atoms. The molecule has 0 saturated carbocycles. The van der Waals surface area contributed by atoms with Gasteiger partial charge in [0.2, 0.25) is 0 Å². The third-order valence-electron chi connectivity index (χ3n) is 2.90.